The summed E-state index contributed by atoms with van der Waals surface area (Å²) in [5.74, 6) is 0. The number of rotatable bonds is 6. The standard InChI is InChI=1S/C14H14N2O2S3/c17-21(18,14-8-4-10-19-14)15-9-3-7-13-16-11-5-1-2-6-12(11)20-13/h1-2,4-6,8,10,15H,3,7,9H2. The van der Waals surface area contributed by atoms with Crippen LogP contribution in [0.4, 0.5) is 0 Å². The topological polar surface area (TPSA) is 59.1 Å². The van der Waals surface area contributed by atoms with E-state index in [1.165, 1.54) is 16.0 Å². The first-order chi connectivity index (χ1) is 10.1. The maximum Gasteiger partial charge on any atom is 0.250 e. The highest BCUT2D eigenvalue weighted by Gasteiger charge is 2.13. The Morgan fingerprint density at radius 3 is 2.76 bits per heavy atom. The van der Waals surface area contributed by atoms with Crippen molar-refractivity contribution in [2.45, 2.75) is 17.1 Å². The van der Waals surface area contributed by atoms with Crippen LogP contribution in [-0.2, 0) is 16.4 Å². The predicted molar refractivity (Wildman–Crippen MR) is 87.4 cm³/mol. The molecule has 2 heterocycles. The molecule has 0 fully saturated rings. The molecule has 1 aromatic carbocycles. The Bertz CT molecular complexity index is 790. The Labute approximate surface area is 131 Å². The van der Waals surface area contributed by atoms with Gasteiger partial charge in [-0.05, 0) is 30.0 Å². The number of thiophene rings is 1. The van der Waals surface area contributed by atoms with Gasteiger partial charge in [0.15, 0.2) is 0 Å². The maximum absolute atomic E-state index is 11.9. The molecule has 0 unspecified atom stereocenters. The quantitative estimate of drug-likeness (QED) is 0.702. The van der Waals surface area contributed by atoms with E-state index in [0.29, 0.717) is 10.8 Å². The number of hydrogen-bond donors (Lipinski definition) is 1. The number of aryl methyl sites for hydroxylation is 1. The van der Waals surface area contributed by atoms with Crippen LogP contribution in [0.25, 0.3) is 10.2 Å². The lowest BCUT2D eigenvalue weighted by Gasteiger charge is -2.03. The Morgan fingerprint density at radius 1 is 1.14 bits per heavy atom. The summed E-state index contributed by atoms with van der Waals surface area (Å²) in [7, 11) is -3.34. The van der Waals surface area contributed by atoms with Gasteiger partial charge < -0.3 is 0 Å². The van der Waals surface area contributed by atoms with E-state index in [4.69, 9.17) is 0 Å². The van der Waals surface area contributed by atoms with Crippen molar-refractivity contribution in [2.24, 2.45) is 0 Å². The number of nitrogens with zero attached hydrogens (tertiary/aromatic N) is 1. The number of aromatic nitrogens is 1. The Kier molecular flexibility index (Phi) is 4.34. The molecule has 0 radical (unpaired) electrons. The number of thiazole rings is 1. The highest BCUT2D eigenvalue weighted by molar-refractivity contribution is 7.91. The van der Waals surface area contributed by atoms with Crippen molar-refractivity contribution in [3.8, 4) is 0 Å². The van der Waals surface area contributed by atoms with E-state index >= 15 is 0 Å². The van der Waals surface area contributed by atoms with Crippen molar-refractivity contribution in [1.29, 1.82) is 0 Å². The van der Waals surface area contributed by atoms with Crippen LogP contribution in [0, 0.1) is 0 Å². The third-order valence-corrected chi connectivity index (χ3v) is 6.91. The molecule has 2 aromatic heterocycles. The molecule has 1 N–H and O–H groups in total. The smallest absolute Gasteiger partial charge is 0.241 e. The van der Waals surface area contributed by atoms with Gasteiger partial charge in [0, 0.05) is 13.0 Å². The van der Waals surface area contributed by atoms with Crippen LogP contribution in [-0.4, -0.2) is 19.9 Å². The lowest BCUT2D eigenvalue weighted by Crippen LogP contribution is -2.24. The van der Waals surface area contributed by atoms with Crippen LogP contribution in [0.15, 0.2) is 46.0 Å². The Hall–Kier alpha value is -1.28. The van der Waals surface area contributed by atoms with Crippen LogP contribution >= 0.6 is 22.7 Å². The first kappa shape index (κ1) is 14.6. The molecule has 0 amide bonds. The molecule has 0 saturated carbocycles. The van der Waals surface area contributed by atoms with Gasteiger partial charge in [0.2, 0.25) is 10.0 Å². The molecule has 4 nitrogen and oxygen atoms in total. The lowest BCUT2D eigenvalue weighted by atomic mass is 10.3. The van der Waals surface area contributed by atoms with Crippen molar-refractivity contribution in [3.63, 3.8) is 0 Å². The van der Waals surface area contributed by atoms with Gasteiger partial charge >= 0.3 is 0 Å². The Morgan fingerprint density at radius 2 is 2.00 bits per heavy atom. The number of benzene rings is 1. The van der Waals surface area contributed by atoms with E-state index in [0.717, 1.165) is 23.4 Å². The molecule has 110 valence electrons. The summed E-state index contributed by atoms with van der Waals surface area (Å²) in [4.78, 5) is 4.54. The normalized spacial score (nSPS) is 12.0. The summed E-state index contributed by atoms with van der Waals surface area (Å²) in [6.07, 6.45) is 1.52. The van der Waals surface area contributed by atoms with Crippen molar-refractivity contribution >= 4 is 42.9 Å². The average molecular weight is 338 g/mol. The minimum atomic E-state index is -3.34. The van der Waals surface area contributed by atoms with Gasteiger partial charge in [-0.2, -0.15) is 0 Å². The summed E-state index contributed by atoms with van der Waals surface area (Å²) in [5.41, 5.74) is 1.01. The first-order valence-corrected chi connectivity index (χ1v) is 9.71. The van der Waals surface area contributed by atoms with Gasteiger partial charge in [0.05, 0.1) is 15.2 Å². The highest BCUT2D eigenvalue weighted by atomic mass is 32.2. The summed E-state index contributed by atoms with van der Waals surface area (Å²) in [5, 5.41) is 2.81. The summed E-state index contributed by atoms with van der Waals surface area (Å²) < 4.78 is 28.0. The minimum Gasteiger partial charge on any atom is -0.241 e. The molecule has 3 aromatic rings. The fraction of sp³-hybridized carbons (Fsp3) is 0.214. The number of nitrogens with one attached hydrogen (secondary N) is 1. The molecule has 0 bridgehead atoms. The van der Waals surface area contributed by atoms with Gasteiger partial charge in [-0.25, -0.2) is 18.1 Å². The second-order valence-corrected chi connectivity index (χ2v) is 8.57. The van der Waals surface area contributed by atoms with Crippen molar-refractivity contribution in [1.82, 2.24) is 9.71 Å². The van der Waals surface area contributed by atoms with Crippen LogP contribution < -0.4 is 4.72 Å². The number of para-hydroxylation sites is 1. The summed E-state index contributed by atoms with van der Waals surface area (Å²) >= 11 is 2.89. The molecule has 0 saturated heterocycles. The second-order valence-electron chi connectivity index (χ2n) is 4.51. The first-order valence-electron chi connectivity index (χ1n) is 6.53. The van der Waals surface area contributed by atoms with Crippen molar-refractivity contribution in [3.05, 3.63) is 46.8 Å². The van der Waals surface area contributed by atoms with E-state index in [2.05, 4.69) is 15.8 Å². The number of fused-ring (bicyclic) bond motifs is 1. The van der Waals surface area contributed by atoms with Gasteiger partial charge in [0.1, 0.15) is 4.21 Å². The molecule has 0 aliphatic carbocycles. The molecule has 0 aliphatic rings. The monoisotopic (exact) mass is 338 g/mol. The zero-order valence-electron chi connectivity index (χ0n) is 11.2. The number of hydrogen-bond acceptors (Lipinski definition) is 5. The van der Waals surface area contributed by atoms with E-state index in [-0.39, 0.29) is 0 Å². The molecular formula is C14H14N2O2S3. The van der Waals surface area contributed by atoms with E-state index in [1.807, 2.05) is 18.2 Å². The second kappa shape index (κ2) is 6.23. The molecule has 0 aliphatic heterocycles. The van der Waals surface area contributed by atoms with Crippen LogP contribution in [0.1, 0.15) is 11.4 Å². The maximum atomic E-state index is 11.9. The SMILES string of the molecule is O=S(=O)(NCCCc1nc2ccccc2s1)c1cccs1. The van der Waals surface area contributed by atoms with E-state index < -0.39 is 10.0 Å². The van der Waals surface area contributed by atoms with Crippen molar-refractivity contribution < 1.29 is 8.42 Å². The fourth-order valence-corrected chi connectivity index (χ4v) is 5.08. The third kappa shape index (κ3) is 3.49. The van der Waals surface area contributed by atoms with Gasteiger partial charge in [-0.15, -0.1) is 22.7 Å². The molecule has 0 spiro atoms. The zero-order valence-corrected chi connectivity index (χ0v) is 13.6. The summed E-state index contributed by atoms with van der Waals surface area (Å²) in [6, 6.07) is 11.4. The van der Waals surface area contributed by atoms with Crippen LogP contribution in [0.5, 0.6) is 0 Å². The molecular weight excluding hydrogens is 324 g/mol. The van der Waals surface area contributed by atoms with Crippen molar-refractivity contribution in [2.75, 3.05) is 6.54 Å². The fourth-order valence-electron chi connectivity index (χ4n) is 1.96. The van der Waals surface area contributed by atoms with E-state index in [9.17, 15) is 8.42 Å². The lowest BCUT2D eigenvalue weighted by molar-refractivity contribution is 0.581. The molecule has 0 atom stereocenters. The molecule has 7 heteroatoms. The largest absolute Gasteiger partial charge is 0.250 e. The third-order valence-electron chi connectivity index (χ3n) is 2.96. The van der Waals surface area contributed by atoms with Crippen LogP contribution in [0.3, 0.4) is 0 Å². The predicted octanol–water partition coefficient (Wildman–Crippen LogP) is 3.27. The van der Waals surface area contributed by atoms with E-state index in [1.54, 1.807) is 28.8 Å². The highest BCUT2D eigenvalue weighted by Crippen LogP contribution is 2.22. The number of sulfonamides is 1. The Balaban J connectivity index is 1.54. The average Bonchev–Trinajstić information content (AvgIpc) is 3.12. The van der Waals surface area contributed by atoms with Gasteiger partial charge in [-0.3, -0.25) is 0 Å². The van der Waals surface area contributed by atoms with Gasteiger partial charge in [-0.1, -0.05) is 18.2 Å². The zero-order chi connectivity index (χ0) is 14.7. The summed E-state index contributed by atoms with van der Waals surface area (Å²) in [6.45, 7) is 0.427. The van der Waals surface area contributed by atoms with Gasteiger partial charge in [0.25, 0.3) is 0 Å². The molecule has 21 heavy (non-hydrogen) atoms. The van der Waals surface area contributed by atoms with Crippen LogP contribution in [0.2, 0.25) is 0 Å². The minimum absolute atomic E-state index is 0.363. The molecule has 3 rings (SSSR count).